The Balaban J connectivity index is 2.19. The largest absolute Gasteiger partial charge is 0.0884 e. The van der Waals surface area contributed by atoms with Gasteiger partial charge >= 0.3 is 0 Å². The summed E-state index contributed by atoms with van der Waals surface area (Å²) in [4.78, 5) is 0.708. The zero-order valence-corrected chi connectivity index (χ0v) is 8.63. The first-order valence-electron chi connectivity index (χ1n) is 4.57. The van der Waals surface area contributed by atoms with Gasteiger partial charge in [-0.25, -0.2) is 0 Å². The zero-order valence-electron chi connectivity index (χ0n) is 7.04. The van der Waals surface area contributed by atoms with Gasteiger partial charge in [-0.15, -0.1) is 0 Å². The molecule has 1 fully saturated rings. The fourth-order valence-electron chi connectivity index (χ4n) is 1.99. The normalized spacial score (nSPS) is 29.1. The molecule has 0 N–H and O–H groups in total. The molecule has 2 rings (SSSR count). The Morgan fingerprint density at radius 1 is 1.08 bits per heavy atom. The lowest BCUT2D eigenvalue weighted by molar-refractivity contribution is 0.743. The molecule has 0 spiro atoms. The fourth-order valence-corrected chi connectivity index (χ4v) is 2.88. The van der Waals surface area contributed by atoms with Gasteiger partial charge in [0, 0.05) is 4.83 Å². The van der Waals surface area contributed by atoms with E-state index in [1.165, 1.54) is 24.8 Å². The van der Waals surface area contributed by atoms with Crippen LogP contribution in [0.2, 0.25) is 0 Å². The van der Waals surface area contributed by atoms with Crippen LogP contribution >= 0.6 is 15.9 Å². The van der Waals surface area contributed by atoms with Gasteiger partial charge in [-0.1, -0.05) is 52.7 Å². The second-order valence-electron chi connectivity index (χ2n) is 3.46. The molecular formula is C11H13Br. The van der Waals surface area contributed by atoms with Crippen molar-refractivity contribution in [3.8, 4) is 0 Å². The second kappa shape index (κ2) is 3.61. The van der Waals surface area contributed by atoms with E-state index in [1.807, 2.05) is 0 Å². The molecule has 0 aliphatic heterocycles. The van der Waals surface area contributed by atoms with E-state index in [0.29, 0.717) is 4.83 Å². The molecule has 1 aromatic carbocycles. The van der Waals surface area contributed by atoms with Crippen LogP contribution in [0.15, 0.2) is 30.3 Å². The highest BCUT2D eigenvalue weighted by Crippen LogP contribution is 2.38. The number of hydrogen-bond donors (Lipinski definition) is 0. The van der Waals surface area contributed by atoms with Crippen molar-refractivity contribution in [3.05, 3.63) is 35.9 Å². The van der Waals surface area contributed by atoms with E-state index >= 15 is 0 Å². The highest BCUT2D eigenvalue weighted by atomic mass is 79.9. The molecule has 1 heteroatoms. The summed E-state index contributed by atoms with van der Waals surface area (Å²) in [6, 6.07) is 10.8. The van der Waals surface area contributed by atoms with E-state index in [0.717, 1.165) is 5.92 Å². The lowest BCUT2D eigenvalue weighted by Gasteiger charge is -2.13. The third-order valence-corrected chi connectivity index (χ3v) is 3.76. The van der Waals surface area contributed by atoms with Crippen LogP contribution in [0.4, 0.5) is 0 Å². The first-order chi connectivity index (χ1) is 5.88. The van der Waals surface area contributed by atoms with Crippen molar-refractivity contribution in [2.75, 3.05) is 0 Å². The predicted octanol–water partition coefficient (Wildman–Crippen LogP) is 3.72. The highest BCUT2D eigenvalue weighted by molar-refractivity contribution is 9.09. The molecule has 1 aliphatic carbocycles. The minimum Gasteiger partial charge on any atom is -0.0884 e. The van der Waals surface area contributed by atoms with E-state index in [-0.39, 0.29) is 0 Å². The van der Waals surface area contributed by atoms with Crippen LogP contribution < -0.4 is 0 Å². The number of hydrogen-bond acceptors (Lipinski definition) is 0. The molecule has 1 aliphatic rings. The highest BCUT2D eigenvalue weighted by Gasteiger charge is 2.25. The molecule has 0 nitrogen and oxygen atoms in total. The summed E-state index contributed by atoms with van der Waals surface area (Å²) < 4.78 is 0. The molecule has 12 heavy (non-hydrogen) atoms. The summed E-state index contributed by atoms with van der Waals surface area (Å²) in [6.45, 7) is 0. The van der Waals surface area contributed by atoms with Crippen LogP contribution in [0, 0.1) is 0 Å². The molecule has 0 aromatic heterocycles. The minimum atomic E-state index is 0.708. The number of rotatable bonds is 1. The van der Waals surface area contributed by atoms with Crippen molar-refractivity contribution in [2.45, 2.75) is 30.0 Å². The molecule has 0 amide bonds. The van der Waals surface area contributed by atoms with Gasteiger partial charge in [-0.05, 0) is 24.3 Å². The zero-order chi connectivity index (χ0) is 8.39. The van der Waals surface area contributed by atoms with Gasteiger partial charge in [0.1, 0.15) is 0 Å². The van der Waals surface area contributed by atoms with Gasteiger partial charge < -0.3 is 0 Å². The lowest BCUT2D eigenvalue weighted by atomic mass is 9.98. The van der Waals surface area contributed by atoms with Crippen molar-refractivity contribution in [2.24, 2.45) is 0 Å². The molecule has 0 saturated heterocycles. The van der Waals surface area contributed by atoms with Crippen molar-refractivity contribution < 1.29 is 0 Å². The maximum atomic E-state index is 3.74. The Hall–Kier alpha value is -0.300. The van der Waals surface area contributed by atoms with E-state index < -0.39 is 0 Å². The van der Waals surface area contributed by atoms with E-state index in [9.17, 15) is 0 Å². The third kappa shape index (κ3) is 1.56. The number of benzene rings is 1. The van der Waals surface area contributed by atoms with Crippen molar-refractivity contribution >= 4 is 15.9 Å². The smallest absolute Gasteiger partial charge is 0.0214 e. The van der Waals surface area contributed by atoms with Crippen LogP contribution in [0.25, 0.3) is 0 Å². The molecule has 64 valence electrons. The van der Waals surface area contributed by atoms with Gasteiger partial charge in [0.15, 0.2) is 0 Å². The van der Waals surface area contributed by atoms with Crippen LogP contribution in [0.3, 0.4) is 0 Å². The van der Waals surface area contributed by atoms with Crippen LogP contribution in [-0.2, 0) is 0 Å². The van der Waals surface area contributed by atoms with Gasteiger partial charge in [-0.3, -0.25) is 0 Å². The second-order valence-corrected chi connectivity index (χ2v) is 4.64. The van der Waals surface area contributed by atoms with Gasteiger partial charge in [0.05, 0.1) is 0 Å². The lowest BCUT2D eigenvalue weighted by Crippen LogP contribution is -2.03. The maximum absolute atomic E-state index is 3.74. The molecule has 0 heterocycles. The maximum Gasteiger partial charge on any atom is 0.0214 e. The van der Waals surface area contributed by atoms with Crippen molar-refractivity contribution in [1.29, 1.82) is 0 Å². The summed E-state index contributed by atoms with van der Waals surface area (Å²) in [5.74, 6) is 0.756. The summed E-state index contributed by atoms with van der Waals surface area (Å²) in [6.07, 6.45) is 4.05. The standard InChI is InChI=1S/C11H13Br/c12-11-8-4-7-10(11)9-5-2-1-3-6-9/h1-3,5-6,10-11H,4,7-8H2/t10-,11+/m0/s1. The number of halogens is 1. The summed E-state index contributed by atoms with van der Waals surface area (Å²) >= 11 is 3.74. The third-order valence-electron chi connectivity index (χ3n) is 2.66. The Kier molecular flexibility index (Phi) is 2.50. The quantitative estimate of drug-likeness (QED) is 0.639. The van der Waals surface area contributed by atoms with E-state index in [2.05, 4.69) is 46.3 Å². The fraction of sp³-hybridized carbons (Fsp3) is 0.455. The topological polar surface area (TPSA) is 0 Å². The first kappa shape index (κ1) is 8.31. The molecule has 2 atom stereocenters. The molecular weight excluding hydrogens is 212 g/mol. The van der Waals surface area contributed by atoms with E-state index in [1.54, 1.807) is 0 Å². The number of alkyl halides is 1. The summed E-state index contributed by atoms with van der Waals surface area (Å²) in [5, 5.41) is 0. The monoisotopic (exact) mass is 224 g/mol. The van der Waals surface area contributed by atoms with Gasteiger partial charge in [0.25, 0.3) is 0 Å². The predicted molar refractivity (Wildman–Crippen MR) is 55.7 cm³/mol. The average molecular weight is 225 g/mol. The van der Waals surface area contributed by atoms with Crippen LogP contribution in [0.5, 0.6) is 0 Å². The summed E-state index contributed by atoms with van der Waals surface area (Å²) in [5.41, 5.74) is 1.50. The Morgan fingerprint density at radius 3 is 2.42 bits per heavy atom. The van der Waals surface area contributed by atoms with Gasteiger partial charge in [-0.2, -0.15) is 0 Å². The molecule has 1 saturated carbocycles. The van der Waals surface area contributed by atoms with Crippen molar-refractivity contribution in [1.82, 2.24) is 0 Å². The average Bonchev–Trinajstić information content (AvgIpc) is 2.53. The van der Waals surface area contributed by atoms with Gasteiger partial charge in [0.2, 0.25) is 0 Å². The van der Waals surface area contributed by atoms with Crippen LogP contribution in [-0.4, -0.2) is 4.83 Å². The molecule has 0 bridgehead atoms. The Labute approximate surface area is 82.1 Å². The SMILES string of the molecule is Br[C@@H]1CCC[C@H]1c1ccccc1. The first-order valence-corrected chi connectivity index (χ1v) is 5.48. The van der Waals surface area contributed by atoms with Crippen molar-refractivity contribution in [3.63, 3.8) is 0 Å². The molecule has 0 radical (unpaired) electrons. The molecule has 0 unspecified atom stereocenters. The van der Waals surface area contributed by atoms with Crippen LogP contribution in [0.1, 0.15) is 30.7 Å². The summed E-state index contributed by atoms with van der Waals surface area (Å²) in [7, 11) is 0. The van der Waals surface area contributed by atoms with E-state index in [4.69, 9.17) is 0 Å². The molecule has 1 aromatic rings. The Bertz CT molecular complexity index is 242. The Morgan fingerprint density at radius 2 is 1.83 bits per heavy atom. The minimum absolute atomic E-state index is 0.708.